The molecule has 0 aromatic carbocycles. The molecule has 2 N–H and O–H groups in total. The predicted molar refractivity (Wildman–Crippen MR) is 62.2 cm³/mol. The van der Waals surface area contributed by atoms with Gasteiger partial charge in [0.25, 0.3) is 5.91 Å². The molecule has 2 fully saturated rings. The Bertz CT molecular complexity index is 403. The highest BCUT2D eigenvalue weighted by atomic mass is 16.2. The molecule has 17 heavy (non-hydrogen) atoms. The summed E-state index contributed by atoms with van der Waals surface area (Å²) in [6.07, 6.45) is 6.85. The molecule has 1 amide bonds. The van der Waals surface area contributed by atoms with E-state index in [4.69, 9.17) is 0 Å². The van der Waals surface area contributed by atoms with Crippen molar-refractivity contribution in [2.24, 2.45) is 17.8 Å². The number of aromatic amines is 1. The molecule has 0 saturated heterocycles. The standard InChI is InChI=1S/C12H18N4O/c1-7(10-5-8-2-3-9(10)4-8)14-12(17)11-6-13-16-15-11/h6-10H,2-5H2,1H3,(H,14,17)(H,13,15,16). The van der Waals surface area contributed by atoms with Gasteiger partial charge >= 0.3 is 0 Å². The third-order valence-electron chi connectivity index (χ3n) is 4.44. The van der Waals surface area contributed by atoms with Crippen LogP contribution >= 0.6 is 0 Å². The van der Waals surface area contributed by atoms with Gasteiger partial charge < -0.3 is 5.32 Å². The van der Waals surface area contributed by atoms with Crippen molar-refractivity contribution < 1.29 is 4.79 Å². The molecule has 0 radical (unpaired) electrons. The molecule has 4 unspecified atom stereocenters. The van der Waals surface area contributed by atoms with Gasteiger partial charge in [0.2, 0.25) is 0 Å². The normalized spacial score (nSPS) is 32.6. The van der Waals surface area contributed by atoms with Gasteiger partial charge in [0.15, 0.2) is 5.69 Å². The van der Waals surface area contributed by atoms with Gasteiger partial charge in [-0.3, -0.25) is 4.79 Å². The van der Waals surface area contributed by atoms with Gasteiger partial charge in [0, 0.05) is 6.04 Å². The van der Waals surface area contributed by atoms with Gasteiger partial charge in [0.05, 0.1) is 6.20 Å². The fourth-order valence-corrected chi connectivity index (χ4v) is 3.61. The second-order valence-electron chi connectivity index (χ2n) is 5.46. The number of H-pyrrole nitrogens is 1. The lowest BCUT2D eigenvalue weighted by molar-refractivity contribution is 0.0910. The van der Waals surface area contributed by atoms with Crippen LogP contribution in [-0.2, 0) is 0 Å². The van der Waals surface area contributed by atoms with E-state index >= 15 is 0 Å². The molecule has 92 valence electrons. The van der Waals surface area contributed by atoms with E-state index in [1.165, 1.54) is 31.9 Å². The van der Waals surface area contributed by atoms with E-state index in [2.05, 4.69) is 27.7 Å². The van der Waals surface area contributed by atoms with E-state index in [-0.39, 0.29) is 11.9 Å². The lowest BCUT2D eigenvalue weighted by Crippen LogP contribution is -2.40. The number of nitrogens with zero attached hydrogens (tertiary/aromatic N) is 2. The summed E-state index contributed by atoms with van der Waals surface area (Å²) in [5.74, 6) is 2.28. The topological polar surface area (TPSA) is 70.7 Å². The Kier molecular flexibility index (Phi) is 2.61. The zero-order valence-corrected chi connectivity index (χ0v) is 10.0. The van der Waals surface area contributed by atoms with E-state index < -0.39 is 0 Å². The molecule has 1 aromatic rings. The molecular formula is C12H18N4O. The van der Waals surface area contributed by atoms with Crippen molar-refractivity contribution in [3.8, 4) is 0 Å². The summed E-state index contributed by atoms with van der Waals surface area (Å²) in [6.45, 7) is 2.11. The third kappa shape index (κ3) is 1.94. The quantitative estimate of drug-likeness (QED) is 0.829. The lowest BCUT2D eigenvalue weighted by Gasteiger charge is -2.28. The van der Waals surface area contributed by atoms with E-state index in [0.29, 0.717) is 11.6 Å². The highest BCUT2D eigenvalue weighted by Gasteiger charge is 2.42. The summed E-state index contributed by atoms with van der Waals surface area (Å²) in [5, 5.41) is 13.0. The maximum Gasteiger partial charge on any atom is 0.273 e. The van der Waals surface area contributed by atoms with E-state index in [1.54, 1.807) is 0 Å². The number of rotatable bonds is 3. The molecule has 2 aliphatic carbocycles. The number of hydrogen-bond acceptors (Lipinski definition) is 3. The first kappa shape index (κ1) is 10.7. The van der Waals surface area contributed by atoms with E-state index in [9.17, 15) is 4.79 Å². The smallest absolute Gasteiger partial charge is 0.273 e. The van der Waals surface area contributed by atoms with Crippen LogP contribution in [0.15, 0.2) is 6.20 Å². The van der Waals surface area contributed by atoms with Crippen molar-refractivity contribution in [3.63, 3.8) is 0 Å². The molecule has 4 atom stereocenters. The van der Waals surface area contributed by atoms with E-state index in [0.717, 1.165) is 11.8 Å². The van der Waals surface area contributed by atoms with Crippen LogP contribution in [0.3, 0.4) is 0 Å². The Morgan fingerprint density at radius 2 is 2.41 bits per heavy atom. The molecule has 0 aliphatic heterocycles. The van der Waals surface area contributed by atoms with Crippen molar-refractivity contribution in [1.82, 2.24) is 20.7 Å². The molecule has 5 nitrogen and oxygen atoms in total. The van der Waals surface area contributed by atoms with Crippen molar-refractivity contribution in [1.29, 1.82) is 0 Å². The Balaban J connectivity index is 1.60. The number of carbonyl (C=O) groups is 1. The summed E-state index contributed by atoms with van der Waals surface area (Å²) in [6, 6.07) is 0.245. The summed E-state index contributed by atoms with van der Waals surface area (Å²) < 4.78 is 0. The highest BCUT2D eigenvalue weighted by molar-refractivity contribution is 5.91. The Hall–Kier alpha value is -1.39. The minimum absolute atomic E-state index is 0.117. The van der Waals surface area contributed by atoms with Gasteiger partial charge in [-0.2, -0.15) is 15.4 Å². The van der Waals surface area contributed by atoms with E-state index in [1.807, 2.05) is 0 Å². The minimum Gasteiger partial charge on any atom is -0.348 e. The molecule has 5 heteroatoms. The zero-order valence-electron chi connectivity index (χ0n) is 10.0. The fraction of sp³-hybridized carbons (Fsp3) is 0.750. The molecule has 2 bridgehead atoms. The molecule has 2 aliphatic rings. The molecule has 0 spiro atoms. The maximum absolute atomic E-state index is 11.8. The summed E-state index contributed by atoms with van der Waals surface area (Å²) in [7, 11) is 0. The summed E-state index contributed by atoms with van der Waals surface area (Å²) in [5.41, 5.74) is 0.375. The monoisotopic (exact) mass is 234 g/mol. The van der Waals surface area contributed by atoms with Gasteiger partial charge in [-0.25, -0.2) is 0 Å². The largest absolute Gasteiger partial charge is 0.348 e. The zero-order chi connectivity index (χ0) is 11.8. The Labute approximate surface area is 100 Å². The van der Waals surface area contributed by atoms with Crippen LogP contribution in [0.2, 0.25) is 0 Å². The van der Waals surface area contributed by atoms with Crippen molar-refractivity contribution in [3.05, 3.63) is 11.9 Å². The first-order chi connectivity index (χ1) is 8.24. The SMILES string of the molecule is CC(NC(=O)c1cn[nH]n1)C1CC2CCC1C2. The Morgan fingerprint density at radius 1 is 1.53 bits per heavy atom. The van der Waals surface area contributed by atoms with Gasteiger partial charge in [-0.1, -0.05) is 6.42 Å². The van der Waals surface area contributed by atoms with Crippen LogP contribution in [-0.4, -0.2) is 27.4 Å². The number of hydrogen-bond donors (Lipinski definition) is 2. The van der Waals surface area contributed by atoms with Gasteiger partial charge in [-0.15, -0.1) is 0 Å². The van der Waals surface area contributed by atoms with Crippen LogP contribution in [0.1, 0.15) is 43.1 Å². The molecule has 2 saturated carbocycles. The van der Waals surface area contributed by atoms with Crippen LogP contribution < -0.4 is 5.32 Å². The third-order valence-corrected chi connectivity index (χ3v) is 4.44. The van der Waals surface area contributed by atoms with Crippen LogP contribution in [0, 0.1) is 17.8 Å². The first-order valence-electron chi connectivity index (χ1n) is 6.40. The van der Waals surface area contributed by atoms with Crippen molar-refractivity contribution in [2.75, 3.05) is 0 Å². The molecule has 1 aromatic heterocycles. The molecular weight excluding hydrogens is 216 g/mol. The van der Waals surface area contributed by atoms with Gasteiger partial charge in [-0.05, 0) is 43.9 Å². The fourth-order valence-electron chi connectivity index (χ4n) is 3.61. The number of amides is 1. The first-order valence-corrected chi connectivity index (χ1v) is 6.40. The van der Waals surface area contributed by atoms with Crippen LogP contribution in [0.4, 0.5) is 0 Å². The Morgan fingerprint density at radius 3 is 3.00 bits per heavy atom. The second-order valence-corrected chi connectivity index (χ2v) is 5.46. The average molecular weight is 234 g/mol. The molecule has 1 heterocycles. The maximum atomic E-state index is 11.8. The number of nitrogens with one attached hydrogen (secondary N) is 2. The minimum atomic E-state index is -0.117. The summed E-state index contributed by atoms with van der Waals surface area (Å²) in [4.78, 5) is 11.8. The molecule has 3 rings (SSSR count). The second kappa shape index (κ2) is 4.13. The number of fused-ring (bicyclic) bond motifs is 2. The van der Waals surface area contributed by atoms with Crippen LogP contribution in [0.5, 0.6) is 0 Å². The van der Waals surface area contributed by atoms with Crippen molar-refractivity contribution in [2.45, 2.75) is 38.6 Å². The van der Waals surface area contributed by atoms with Crippen LogP contribution in [0.25, 0.3) is 0 Å². The number of carbonyl (C=O) groups excluding carboxylic acids is 1. The number of aromatic nitrogens is 3. The lowest BCUT2D eigenvalue weighted by atomic mass is 9.84. The highest BCUT2D eigenvalue weighted by Crippen LogP contribution is 2.49. The predicted octanol–water partition coefficient (Wildman–Crippen LogP) is 1.36. The van der Waals surface area contributed by atoms with Gasteiger partial charge in [0.1, 0.15) is 0 Å². The van der Waals surface area contributed by atoms with Crippen molar-refractivity contribution >= 4 is 5.91 Å². The average Bonchev–Trinajstić information content (AvgIpc) is 3.05. The summed E-state index contributed by atoms with van der Waals surface area (Å²) >= 11 is 0.